The topological polar surface area (TPSA) is 129 Å². The lowest BCUT2D eigenvalue weighted by Gasteiger charge is -2.18. The lowest BCUT2D eigenvalue weighted by atomic mass is 10.1. The maximum atomic E-state index is 12.6. The predicted molar refractivity (Wildman–Crippen MR) is 141 cm³/mol. The normalized spacial score (nSPS) is 13.4. The van der Waals surface area contributed by atoms with Crippen LogP contribution in [-0.2, 0) is 21.2 Å². The van der Waals surface area contributed by atoms with Gasteiger partial charge >= 0.3 is 6.09 Å². The van der Waals surface area contributed by atoms with Crippen molar-refractivity contribution >= 4 is 27.7 Å². The van der Waals surface area contributed by atoms with Gasteiger partial charge in [-0.05, 0) is 55.6 Å². The monoisotopic (exact) mass is 530 g/mol. The number of nitrogens with zero attached hydrogens (tertiary/aromatic N) is 3. The van der Waals surface area contributed by atoms with Gasteiger partial charge in [-0.2, -0.15) is 0 Å². The van der Waals surface area contributed by atoms with Crippen molar-refractivity contribution in [1.29, 1.82) is 0 Å². The van der Waals surface area contributed by atoms with Crippen molar-refractivity contribution in [3.8, 4) is 5.75 Å². The van der Waals surface area contributed by atoms with Gasteiger partial charge in [0.15, 0.2) is 9.84 Å². The van der Waals surface area contributed by atoms with E-state index in [0.717, 1.165) is 11.1 Å². The van der Waals surface area contributed by atoms with Gasteiger partial charge in [-0.15, -0.1) is 0 Å². The minimum atomic E-state index is -3.46. The summed E-state index contributed by atoms with van der Waals surface area (Å²) in [6, 6.07) is 12.3. The summed E-state index contributed by atoms with van der Waals surface area (Å²) in [4.78, 5) is 31.3. The molecular weight excluding hydrogens is 496 g/mol. The molecule has 11 heteroatoms. The minimum Gasteiger partial charge on any atom is -0.497 e. The number of ether oxygens (including phenoxy) is 1. The van der Waals surface area contributed by atoms with E-state index in [1.54, 1.807) is 37.1 Å². The van der Waals surface area contributed by atoms with E-state index >= 15 is 0 Å². The quantitative estimate of drug-likeness (QED) is 0.404. The van der Waals surface area contributed by atoms with Crippen molar-refractivity contribution in [2.45, 2.75) is 37.6 Å². The number of nitrogens with one attached hydrogen (secondary N) is 1. The maximum absolute atomic E-state index is 12.6. The summed E-state index contributed by atoms with van der Waals surface area (Å²) in [5.41, 5.74) is 2.30. The molecule has 2 amide bonds. The average molecular weight is 531 g/mol. The number of aryl methyl sites for hydroxylation is 1. The number of carboxylic acid groups (broad SMARTS) is 1. The Morgan fingerprint density at radius 3 is 2.54 bits per heavy atom. The Morgan fingerprint density at radius 2 is 1.89 bits per heavy atom. The molecule has 200 valence electrons. The van der Waals surface area contributed by atoms with Crippen molar-refractivity contribution in [1.82, 2.24) is 15.1 Å². The van der Waals surface area contributed by atoms with E-state index < -0.39 is 15.9 Å². The molecular formula is C26H34N4O6S. The Balaban J connectivity index is 1.38. The molecule has 0 radical (unpaired) electrons. The van der Waals surface area contributed by atoms with Gasteiger partial charge < -0.3 is 20.1 Å². The lowest BCUT2D eigenvalue weighted by molar-refractivity contribution is -0.130. The lowest BCUT2D eigenvalue weighted by Crippen LogP contribution is -2.33. The molecule has 1 aliphatic heterocycles. The molecule has 0 aliphatic carbocycles. The molecule has 2 N–H and O–H groups in total. The Morgan fingerprint density at radius 1 is 1.16 bits per heavy atom. The first-order valence-electron chi connectivity index (χ1n) is 12.1. The smallest absolute Gasteiger partial charge is 0.413 e. The van der Waals surface area contributed by atoms with Crippen molar-refractivity contribution in [2.75, 3.05) is 39.7 Å². The van der Waals surface area contributed by atoms with Crippen LogP contribution < -0.4 is 10.1 Å². The molecule has 0 bridgehead atoms. The molecule has 0 atom stereocenters. The number of hydrogen-bond acceptors (Lipinski definition) is 7. The molecule has 0 fully saturated rings. The van der Waals surface area contributed by atoms with Crippen LogP contribution in [-0.4, -0.2) is 80.8 Å². The Kier molecular flexibility index (Phi) is 9.65. The van der Waals surface area contributed by atoms with E-state index in [4.69, 9.17) is 4.74 Å². The number of rotatable bonds is 12. The summed E-state index contributed by atoms with van der Waals surface area (Å²) in [6.45, 7) is 3.48. The second kappa shape index (κ2) is 12.7. The van der Waals surface area contributed by atoms with Gasteiger partial charge in [0, 0.05) is 25.6 Å². The highest BCUT2D eigenvalue weighted by Gasteiger charge is 2.24. The van der Waals surface area contributed by atoms with Crippen LogP contribution in [0.4, 0.5) is 4.79 Å². The van der Waals surface area contributed by atoms with E-state index in [9.17, 15) is 23.1 Å². The fraction of sp³-hybridized carbons (Fsp3) is 0.423. The largest absolute Gasteiger partial charge is 0.497 e. The van der Waals surface area contributed by atoms with Gasteiger partial charge in [-0.3, -0.25) is 14.7 Å². The molecule has 37 heavy (non-hydrogen) atoms. The molecule has 0 unspecified atom stereocenters. The molecule has 10 nitrogen and oxygen atoms in total. The van der Waals surface area contributed by atoms with Crippen LogP contribution in [0.15, 0.2) is 52.4 Å². The summed E-state index contributed by atoms with van der Waals surface area (Å²) in [5.74, 6) is 0.898. The number of carbonyl (C=O) groups excluding carboxylic acids is 1. The van der Waals surface area contributed by atoms with E-state index in [0.29, 0.717) is 62.6 Å². The molecule has 1 heterocycles. The van der Waals surface area contributed by atoms with Gasteiger partial charge in [-0.25, -0.2) is 13.2 Å². The number of sulfone groups is 1. The Bertz CT molecular complexity index is 1240. The highest BCUT2D eigenvalue weighted by atomic mass is 32.2. The van der Waals surface area contributed by atoms with E-state index in [2.05, 4.69) is 10.3 Å². The van der Waals surface area contributed by atoms with Crippen LogP contribution in [0, 0.1) is 6.92 Å². The van der Waals surface area contributed by atoms with Gasteiger partial charge in [0.25, 0.3) is 0 Å². The Labute approximate surface area is 217 Å². The highest BCUT2D eigenvalue weighted by Crippen LogP contribution is 2.21. The fourth-order valence-electron chi connectivity index (χ4n) is 4.10. The van der Waals surface area contributed by atoms with E-state index in [1.807, 2.05) is 24.3 Å². The molecule has 0 spiro atoms. The summed E-state index contributed by atoms with van der Waals surface area (Å²) < 4.78 is 30.3. The molecule has 2 aromatic rings. The summed E-state index contributed by atoms with van der Waals surface area (Å²) in [6.07, 6.45) is 0.662. The third kappa shape index (κ3) is 7.53. The number of methoxy groups -OCH3 is 1. The van der Waals surface area contributed by atoms with Crippen LogP contribution in [0.3, 0.4) is 0 Å². The minimum absolute atomic E-state index is 0.00257. The van der Waals surface area contributed by atoms with E-state index in [-0.39, 0.29) is 16.7 Å². The number of amidine groups is 1. The van der Waals surface area contributed by atoms with Crippen molar-refractivity contribution in [3.05, 3.63) is 59.2 Å². The zero-order valence-electron chi connectivity index (χ0n) is 21.4. The zero-order valence-corrected chi connectivity index (χ0v) is 22.3. The zero-order chi connectivity index (χ0) is 27.0. The SMILES string of the molecule is COc1ccc(S(=O)(=O)CNCCCCC(=O)N(C)Cc2ccc(C3=NCCN3C(=O)O)cc2)c(C)c1. The first-order valence-corrected chi connectivity index (χ1v) is 13.7. The molecule has 1 aliphatic rings. The molecule has 0 aromatic heterocycles. The first-order chi connectivity index (χ1) is 17.6. The second-order valence-corrected chi connectivity index (χ2v) is 10.9. The van der Waals surface area contributed by atoms with E-state index in [1.165, 1.54) is 12.0 Å². The average Bonchev–Trinajstić information content (AvgIpc) is 3.36. The van der Waals surface area contributed by atoms with Crippen LogP contribution in [0.2, 0.25) is 0 Å². The van der Waals surface area contributed by atoms with Gasteiger partial charge in [0.05, 0.1) is 25.1 Å². The van der Waals surface area contributed by atoms with Gasteiger partial charge in [0.2, 0.25) is 5.91 Å². The third-order valence-corrected chi connectivity index (χ3v) is 7.85. The number of carbonyl (C=O) groups is 2. The number of aliphatic imine (C=N–C) groups is 1. The third-order valence-electron chi connectivity index (χ3n) is 6.13. The number of benzene rings is 2. The van der Waals surface area contributed by atoms with Crippen LogP contribution in [0.25, 0.3) is 0 Å². The summed E-state index contributed by atoms with van der Waals surface area (Å²) in [7, 11) is -0.186. The second-order valence-electron chi connectivity index (χ2n) is 8.93. The Hall–Kier alpha value is -3.44. The fourth-order valence-corrected chi connectivity index (χ4v) is 5.49. The maximum Gasteiger partial charge on any atom is 0.413 e. The number of amides is 2. The highest BCUT2D eigenvalue weighted by molar-refractivity contribution is 7.91. The predicted octanol–water partition coefficient (Wildman–Crippen LogP) is 2.89. The summed E-state index contributed by atoms with van der Waals surface area (Å²) in [5, 5.41) is 12.2. The van der Waals surface area contributed by atoms with Crippen LogP contribution in [0.5, 0.6) is 5.75 Å². The van der Waals surface area contributed by atoms with Crippen molar-refractivity contribution < 1.29 is 27.9 Å². The molecule has 3 rings (SSSR count). The van der Waals surface area contributed by atoms with Crippen molar-refractivity contribution in [3.63, 3.8) is 0 Å². The molecule has 0 saturated heterocycles. The van der Waals surface area contributed by atoms with Crippen LogP contribution >= 0.6 is 0 Å². The molecule has 0 saturated carbocycles. The van der Waals surface area contributed by atoms with Crippen LogP contribution in [0.1, 0.15) is 36.0 Å². The van der Waals surface area contributed by atoms with Gasteiger partial charge in [0.1, 0.15) is 17.5 Å². The van der Waals surface area contributed by atoms with Gasteiger partial charge in [-0.1, -0.05) is 24.3 Å². The summed E-state index contributed by atoms with van der Waals surface area (Å²) >= 11 is 0. The molecule has 2 aromatic carbocycles. The number of hydrogen-bond donors (Lipinski definition) is 2. The standard InChI is InChI=1S/C26H34N4O6S/c1-19-16-22(36-3)11-12-23(19)37(34,35)18-27-13-5-4-6-24(31)29(2)17-20-7-9-21(10-8-20)25-28-14-15-30(25)26(32)33/h7-12,16,27H,4-6,13-15,17-18H2,1-3H3,(H,32,33). The first kappa shape index (κ1) is 28.1. The van der Waals surface area contributed by atoms with Crippen molar-refractivity contribution in [2.24, 2.45) is 4.99 Å². The number of unbranched alkanes of at least 4 members (excludes halogenated alkanes) is 1.